The minimum Gasteiger partial charge on any atom is -0.484 e. The molecule has 7 heteroatoms. The maximum Gasteiger partial charge on any atom is 0.416 e. The van der Waals surface area contributed by atoms with Crippen molar-refractivity contribution in [3.63, 3.8) is 0 Å². The first kappa shape index (κ1) is 18.3. The van der Waals surface area contributed by atoms with E-state index in [9.17, 15) is 18.0 Å². The summed E-state index contributed by atoms with van der Waals surface area (Å²) in [7, 11) is 0. The summed E-state index contributed by atoms with van der Waals surface area (Å²) in [4.78, 5) is 11.5. The monoisotopic (exact) mass is 348 g/mol. The minimum absolute atomic E-state index is 0.0436. The number of carbonyl (C=O) groups excluding carboxylic acids is 1. The molecule has 0 atom stereocenters. The number of benzene rings is 2. The Morgan fingerprint density at radius 2 is 1.88 bits per heavy atom. The fourth-order valence-electron chi connectivity index (χ4n) is 1.81. The van der Waals surface area contributed by atoms with Gasteiger partial charge < -0.3 is 4.74 Å². The minimum atomic E-state index is -4.46. The highest BCUT2D eigenvalue weighted by atomic mass is 19.4. The smallest absolute Gasteiger partial charge is 0.416 e. The van der Waals surface area contributed by atoms with E-state index in [0.717, 1.165) is 17.7 Å². The molecule has 25 heavy (non-hydrogen) atoms. The SMILES string of the molecule is O=C(COc1cccc(C(F)(F)F)c1)N/N=C/C=C/c1ccccc1. The maximum absolute atomic E-state index is 12.6. The third kappa shape index (κ3) is 6.50. The number of nitrogens with one attached hydrogen (secondary N) is 1. The van der Waals surface area contributed by atoms with Crippen molar-refractivity contribution in [3.05, 3.63) is 71.8 Å². The standard InChI is InChI=1S/C18H15F3N2O2/c19-18(20,21)15-9-4-10-16(12-15)25-13-17(24)23-22-11-5-8-14-6-2-1-3-7-14/h1-12H,13H2,(H,23,24)/b8-5+,22-11+. The molecule has 4 nitrogen and oxygen atoms in total. The highest BCUT2D eigenvalue weighted by Crippen LogP contribution is 2.31. The maximum atomic E-state index is 12.6. The molecule has 0 bridgehead atoms. The molecular formula is C18H15F3N2O2. The van der Waals surface area contributed by atoms with Gasteiger partial charge in [-0.3, -0.25) is 4.79 Å². The van der Waals surface area contributed by atoms with Gasteiger partial charge in [-0.2, -0.15) is 18.3 Å². The van der Waals surface area contributed by atoms with Crippen LogP contribution in [0.3, 0.4) is 0 Å². The summed E-state index contributed by atoms with van der Waals surface area (Å²) in [5.41, 5.74) is 2.36. The molecule has 2 rings (SSSR count). The first-order chi connectivity index (χ1) is 11.9. The molecule has 0 radical (unpaired) electrons. The fourth-order valence-corrected chi connectivity index (χ4v) is 1.81. The Hall–Kier alpha value is -3.09. The quantitative estimate of drug-likeness (QED) is 0.636. The van der Waals surface area contributed by atoms with Gasteiger partial charge in [-0.25, -0.2) is 5.43 Å². The number of allylic oxidation sites excluding steroid dienone is 1. The highest BCUT2D eigenvalue weighted by molar-refractivity contribution is 5.81. The van der Waals surface area contributed by atoms with E-state index in [0.29, 0.717) is 0 Å². The van der Waals surface area contributed by atoms with Crippen LogP contribution in [0, 0.1) is 0 Å². The van der Waals surface area contributed by atoms with E-state index >= 15 is 0 Å². The topological polar surface area (TPSA) is 50.7 Å². The molecule has 1 N–H and O–H groups in total. The number of carbonyl (C=O) groups is 1. The molecule has 0 saturated heterocycles. The third-order valence-corrected chi connectivity index (χ3v) is 2.97. The zero-order valence-corrected chi connectivity index (χ0v) is 13.0. The Morgan fingerprint density at radius 1 is 1.12 bits per heavy atom. The predicted molar refractivity (Wildman–Crippen MR) is 89.0 cm³/mol. The van der Waals surface area contributed by atoms with Gasteiger partial charge in [-0.15, -0.1) is 0 Å². The van der Waals surface area contributed by atoms with Crippen LogP contribution in [0.1, 0.15) is 11.1 Å². The second-order valence-corrected chi connectivity index (χ2v) is 4.90. The van der Waals surface area contributed by atoms with Crippen LogP contribution in [0.2, 0.25) is 0 Å². The Bertz CT molecular complexity index is 756. The summed E-state index contributed by atoms with van der Waals surface area (Å²) >= 11 is 0. The van der Waals surface area contributed by atoms with Crippen LogP contribution < -0.4 is 10.2 Å². The van der Waals surface area contributed by atoms with Gasteiger partial charge in [0.05, 0.1) is 5.56 Å². The van der Waals surface area contributed by atoms with Gasteiger partial charge in [0.25, 0.3) is 5.91 Å². The fraction of sp³-hybridized carbons (Fsp3) is 0.111. The number of amides is 1. The zero-order valence-electron chi connectivity index (χ0n) is 13.0. The van der Waals surface area contributed by atoms with Crippen molar-refractivity contribution in [2.45, 2.75) is 6.18 Å². The number of hydrogen-bond acceptors (Lipinski definition) is 3. The highest BCUT2D eigenvalue weighted by Gasteiger charge is 2.30. The molecule has 0 heterocycles. The van der Waals surface area contributed by atoms with Gasteiger partial charge in [0.2, 0.25) is 0 Å². The lowest BCUT2D eigenvalue weighted by Gasteiger charge is -2.09. The van der Waals surface area contributed by atoms with Gasteiger partial charge in [-0.05, 0) is 29.8 Å². The lowest BCUT2D eigenvalue weighted by molar-refractivity contribution is -0.137. The van der Waals surface area contributed by atoms with E-state index in [1.54, 1.807) is 12.2 Å². The molecule has 0 aromatic heterocycles. The Morgan fingerprint density at radius 3 is 2.60 bits per heavy atom. The first-order valence-electron chi connectivity index (χ1n) is 7.29. The van der Waals surface area contributed by atoms with E-state index in [4.69, 9.17) is 4.74 Å². The molecule has 1 amide bonds. The van der Waals surface area contributed by atoms with Crippen LogP contribution in [0.25, 0.3) is 6.08 Å². The second kappa shape index (κ2) is 8.68. The van der Waals surface area contributed by atoms with Crippen LogP contribution in [0.4, 0.5) is 13.2 Å². The summed E-state index contributed by atoms with van der Waals surface area (Å²) in [6, 6.07) is 13.8. The number of halogens is 3. The van der Waals surface area contributed by atoms with Crippen molar-refractivity contribution in [3.8, 4) is 5.75 Å². The number of alkyl halides is 3. The molecule has 0 aliphatic rings. The molecule has 0 unspecified atom stereocenters. The van der Waals surface area contributed by atoms with Gasteiger partial charge in [0, 0.05) is 6.21 Å². The van der Waals surface area contributed by atoms with Crippen LogP contribution in [-0.4, -0.2) is 18.7 Å². The average Bonchev–Trinajstić information content (AvgIpc) is 2.60. The van der Waals surface area contributed by atoms with Crippen LogP contribution in [0.5, 0.6) is 5.75 Å². The summed E-state index contributed by atoms with van der Waals surface area (Å²) in [5.74, 6) is -0.625. The van der Waals surface area contributed by atoms with E-state index in [1.807, 2.05) is 30.3 Å². The number of hydrazone groups is 1. The number of hydrogen-bond donors (Lipinski definition) is 1. The average molecular weight is 348 g/mol. The number of rotatable bonds is 6. The largest absolute Gasteiger partial charge is 0.484 e. The lowest BCUT2D eigenvalue weighted by Crippen LogP contribution is -2.24. The zero-order chi connectivity index (χ0) is 18.1. The van der Waals surface area contributed by atoms with E-state index in [-0.39, 0.29) is 5.75 Å². The molecule has 0 spiro atoms. The first-order valence-corrected chi connectivity index (χ1v) is 7.29. The van der Waals surface area contributed by atoms with Crippen molar-refractivity contribution < 1.29 is 22.7 Å². The van der Waals surface area contributed by atoms with Gasteiger partial charge in [-0.1, -0.05) is 42.5 Å². The summed E-state index contributed by atoms with van der Waals surface area (Å²) in [5, 5.41) is 3.68. The number of nitrogens with zero attached hydrogens (tertiary/aromatic N) is 1. The molecule has 2 aromatic carbocycles. The summed E-state index contributed by atoms with van der Waals surface area (Å²) < 4.78 is 42.7. The molecular weight excluding hydrogens is 333 g/mol. The van der Waals surface area contributed by atoms with Crippen molar-refractivity contribution >= 4 is 18.2 Å². The molecule has 2 aromatic rings. The van der Waals surface area contributed by atoms with Crippen molar-refractivity contribution in [1.82, 2.24) is 5.43 Å². The summed E-state index contributed by atoms with van der Waals surface area (Å²) in [6.07, 6.45) is 0.365. The molecule has 130 valence electrons. The normalized spacial score (nSPS) is 11.8. The summed E-state index contributed by atoms with van der Waals surface area (Å²) in [6.45, 7) is -0.443. The molecule has 0 aliphatic heterocycles. The van der Waals surface area contributed by atoms with Gasteiger partial charge in [0.15, 0.2) is 6.61 Å². The molecule has 0 fully saturated rings. The van der Waals surface area contributed by atoms with E-state index < -0.39 is 24.3 Å². The predicted octanol–water partition coefficient (Wildman–Crippen LogP) is 3.90. The Labute approximate surface area is 142 Å². The van der Waals surface area contributed by atoms with E-state index in [2.05, 4.69) is 10.5 Å². The van der Waals surface area contributed by atoms with Crippen molar-refractivity contribution in [2.24, 2.45) is 5.10 Å². The molecule has 0 aliphatic carbocycles. The van der Waals surface area contributed by atoms with Gasteiger partial charge >= 0.3 is 6.18 Å². The van der Waals surface area contributed by atoms with Crippen molar-refractivity contribution in [2.75, 3.05) is 6.61 Å². The molecule has 0 saturated carbocycles. The second-order valence-electron chi connectivity index (χ2n) is 4.90. The van der Waals surface area contributed by atoms with Crippen LogP contribution in [0.15, 0.2) is 65.8 Å². The third-order valence-electron chi connectivity index (χ3n) is 2.97. The Balaban J connectivity index is 1.77. The van der Waals surface area contributed by atoms with Gasteiger partial charge in [0.1, 0.15) is 5.75 Å². The van der Waals surface area contributed by atoms with Crippen LogP contribution >= 0.6 is 0 Å². The van der Waals surface area contributed by atoms with E-state index in [1.165, 1.54) is 18.3 Å². The van der Waals surface area contributed by atoms with Crippen LogP contribution in [-0.2, 0) is 11.0 Å². The lowest BCUT2D eigenvalue weighted by atomic mass is 10.2. The Kier molecular flexibility index (Phi) is 6.33. The number of ether oxygens (including phenoxy) is 1. The van der Waals surface area contributed by atoms with Crippen molar-refractivity contribution in [1.29, 1.82) is 0 Å².